The lowest BCUT2D eigenvalue weighted by Crippen LogP contribution is -2.33. The van der Waals surface area contributed by atoms with Crippen LogP contribution >= 0.6 is 0 Å². The first kappa shape index (κ1) is 15.7. The van der Waals surface area contributed by atoms with Gasteiger partial charge in [-0.15, -0.1) is 0 Å². The van der Waals surface area contributed by atoms with Gasteiger partial charge in [0.25, 0.3) is 11.8 Å². The molecule has 24 heavy (non-hydrogen) atoms. The van der Waals surface area contributed by atoms with E-state index in [0.29, 0.717) is 6.07 Å². The lowest BCUT2D eigenvalue weighted by atomic mass is 10.0. The summed E-state index contributed by atoms with van der Waals surface area (Å²) in [5, 5.41) is 9.06. The van der Waals surface area contributed by atoms with Crippen LogP contribution in [-0.4, -0.2) is 11.8 Å². The summed E-state index contributed by atoms with van der Waals surface area (Å²) in [6.45, 7) is 0. The molecule has 0 fully saturated rings. The van der Waals surface area contributed by atoms with Gasteiger partial charge in [-0.25, -0.2) is 9.29 Å². The number of nitriles is 1. The van der Waals surface area contributed by atoms with Crippen molar-refractivity contribution < 1.29 is 27.2 Å². The molecule has 120 valence electrons. The van der Waals surface area contributed by atoms with E-state index >= 15 is 0 Å². The molecule has 0 N–H and O–H groups in total. The largest absolute Gasteiger partial charge is 0.421 e. The molecule has 3 rings (SSSR count). The summed E-state index contributed by atoms with van der Waals surface area (Å²) in [6.07, 6.45) is -5.19. The Kier molecular flexibility index (Phi) is 3.37. The van der Waals surface area contributed by atoms with Gasteiger partial charge in [0, 0.05) is 0 Å². The quantitative estimate of drug-likeness (QED) is 0.592. The highest BCUT2D eigenvalue weighted by Crippen LogP contribution is 2.42. The molecule has 8 heteroatoms. The summed E-state index contributed by atoms with van der Waals surface area (Å²) in [5.41, 5.74) is -3.75. The third-order valence-corrected chi connectivity index (χ3v) is 3.55. The van der Waals surface area contributed by atoms with E-state index in [0.717, 1.165) is 6.07 Å². The van der Waals surface area contributed by atoms with Crippen molar-refractivity contribution >= 4 is 17.5 Å². The van der Waals surface area contributed by atoms with Gasteiger partial charge in [0.2, 0.25) is 0 Å². The first-order valence-corrected chi connectivity index (χ1v) is 6.55. The maximum atomic E-state index is 13.8. The fourth-order valence-electron chi connectivity index (χ4n) is 2.55. The van der Waals surface area contributed by atoms with Crippen LogP contribution in [0.1, 0.15) is 31.8 Å². The van der Waals surface area contributed by atoms with Crippen LogP contribution in [0.5, 0.6) is 0 Å². The van der Waals surface area contributed by atoms with E-state index in [-0.39, 0.29) is 16.0 Å². The zero-order chi connectivity index (χ0) is 17.6. The minimum Gasteiger partial charge on any atom is -0.268 e. The molecule has 0 unspecified atom stereocenters. The second kappa shape index (κ2) is 5.16. The Morgan fingerprint density at radius 2 is 1.50 bits per heavy atom. The molecular formula is C16H6F4N2O2. The fourth-order valence-corrected chi connectivity index (χ4v) is 2.55. The van der Waals surface area contributed by atoms with Crippen molar-refractivity contribution in [2.45, 2.75) is 6.18 Å². The van der Waals surface area contributed by atoms with Gasteiger partial charge in [-0.2, -0.15) is 18.4 Å². The van der Waals surface area contributed by atoms with Crippen molar-refractivity contribution in [1.82, 2.24) is 0 Å². The number of anilines is 1. The molecule has 2 aromatic rings. The third kappa shape index (κ3) is 2.13. The lowest BCUT2D eigenvalue weighted by molar-refractivity contribution is -0.139. The van der Waals surface area contributed by atoms with E-state index in [2.05, 4.69) is 0 Å². The molecule has 0 aliphatic carbocycles. The zero-order valence-electron chi connectivity index (χ0n) is 11.7. The molecule has 0 spiro atoms. The Bertz CT molecular complexity index is 894. The number of imide groups is 1. The van der Waals surface area contributed by atoms with Crippen LogP contribution in [0.15, 0.2) is 36.4 Å². The second-order valence-electron chi connectivity index (χ2n) is 4.92. The number of halogens is 4. The summed E-state index contributed by atoms with van der Waals surface area (Å²) in [5.74, 6) is -3.75. The highest BCUT2D eigenvalue weighted by Gasteiger charge is 2.45. The highest BCUT2D eigenvalue weighted by atomic mass is 19.4. The summed E-state index contributed by atoms with van der Waals surface area (Å²) in [7, 11) is 0. The fraction of sp³-hybridized carbons (Fsp3) is 0.0625. The van der Waals surface area contributed by atoms with E-state index in [9.17, 15) is 27.2 Å². The van der Waals surface area contributed by atoms with Crippen molar-refractivity contribution in [2.75, 3.05) is 4.90 Å². The van der Waals surface area contributed by atoms with Crippen molar-refractivity contribution in [1.29, 1.82) is 5.26 Å². The lowest BCUT2D eigenvalue weighted by Gasteiger charge is -2.21. The van der Waals surface area contributed by atoms with E-state index in [1.165, 1.54) is 30.3 Å². The van der Waals surface area contributed by atoms with E-state index in [4.69, 9.17) is 5.26 Å². The number of alkyl halides is 3. The predicted molar refractivity (Wildman–Crippen MR) is 73.7 cm³/mol. The standard InChI is InChI=1S/C16H6F4N2O2/c17-11-6-5-8(7-21)13(12(11)16(18,19)20)22-14(23)9-3-1-2-4-10(9)15(22)24/h1-6H. The number of carbonyl (C=O) groups excluding carboxylic acids is 2. The van der Waals surface area contributed by atoms with Crippen molar-refractivity contribution in [2.24, 2.45) is 0 Å². The maximum Gasteiger partial charge on any atom is 0.421 e. The monoisotopic (exact) mass is 334 g/mol. The molecule has 0 saturated heterocycles. The smallest absolute Gasteiger partial charge is 0.268 e. The van der Waals surface area contributed by atoms with Gasteiger partial charge in [0.05, 0.1) is 22.4 Å². The molecule has 2 aromatic carbocycles. The van der Waals surface area contributed by atoms with Crippen LogP contribution in [0.4, 0.5) is 23.2 Å². The summed E-state index contributed by atoms with van der Waals surface area (Å²) < 4.78 is 53.6. The Morgan fingerprint density at radius 3 is 1.96 bits per heavy atom. The van der Waals surface area contributed by atoms with Crippen LogP contribution in [0.3, 0.4) is 0 Å². The molecule has 0 radical (unpaired) electrons. The molecular weight excluding hydrogens is 328 g/mol. The molecule has 0 bridgehead atoms. The van der Waals surface area contributed by atoms with Crippen LogP contribution in [0.25, 0.3) is 0 Å². The number of carbonyl (C=O) groups is 2. The van der Waals surface area contributed by atoms with Crippen molar-refractivity contribution in [3.05, 3.63) is 64.5 Å². The number of nitrogens with zero attached hydrogens (tertiary/aromatic N) is 2. The number of hydrogen-bond donors (Lipinski definition) is 0. The van der Waals surface area contributed by atoms with Crippen LogP contribution in [0, 0.1) is 17.1 Å². The minimum absolute atomic E-state index is 0.108. The van der Waals surface area contributed by atoms with Gasteiger partial charge in [-0.3, -0.25) is 9.59 Å². The Labute approximate surface area is 132 Å². The highest BCUT2D eigenvalue weighted by molar-refractivity contribution is 6.35. The van der Waals surface area contributed by atoms with Crippen LogP contribution in [-0.2, 0) is 6.18 Å². The Hall–Kier alpha value is -3.21. The Morgan fingerprint density at radius 1 is 0.958 bits per heavy atom. The van der Waals surface area contributed by atoms with Gasteiger partial charge < -0.3 is 0 Å². The zero-order valence-corrected chi connectivity index (χ0v) is 11.7. The van der Waals surface area contributed by atoms with Gasteiger partial charge in [0.1, 0.15) is 17.4 Å². The second-order valence-corrected chi connectivity index (χ2v) is 4.92. The van der Waals surface area contributed by atoms with Crippen molar-refractivity contribution in [3.63, 3.8) is 0 Å². The predicted octanol–water partition coefficient (Wildman–Crippen LogP) is 3.52. The number of hydrogen-bond acceptors (Lipinski definition) is 3. The normalized spacial score (nSPS) is 13.9. The average molecular weight is 334 g/mol. The molecule has 1 heterocycles. The first-order valence-electron chi connectivity index (χ1n) is 6.55. The topological polar surface area (TPSA) is 61.2 Å². The van der Waals surface area contributed by atoms with E-state index in [1.54, 1.807) is 0 Å². The van der Waals surface area contributed by atoms with Crippen LogP contribution < -0.4 is 4.90 Å². The van der Waals surface area contributed by atoms with Crippen molar-refractivity contribution in [3.8, 4) is 6.07 Å². The Balaban J connectivity index is 2.33. The molecule has 0 atom stereocenters. The molecule has 1 aliphatic rings. The first-order chi connectivity index (χ1) is 11.3. The maximum absolute atomic E-state index is 13.8. The van der Waals surface area contributed by atoms with E-state index in [1.807, 2.05) is 0 Å². The van der Waals surface area contributed by atoms with Gasteiger partial charge in [0.15, 0.2) is 0 Å². The van der Waals surface area contributed by atoms with Crippen LogP contribution in [0.2, 0.25) is 0 Å². The molecule has 1 aliphatic heterocycles. The molecule has 2 amide bonds. The molecule has 4 nitrogen and oxygen atoms in total. The van der Waals surface area contributed by atoms with E-state index < -0.39 is 40.6 Å². The number of benzene rings is 2. The third-order valence-electron chi connectivity index (χ3n) is 3.55. The summed E-state index contributed by atoms with van der Waals surface area (Å²) in [4.78, 5) is 24.9. The molecule has 0 saturated carbocycles. The summed E-state index contributed by atoms with van der Waals surface area (Å²) in [6, 6.07) is 8.16. The number of amides is 2. The minimum atomic E-state index is -5.19. The van der Waals surface area contributed by atoms with Gasteiger partial charge >= 0.3 is 6.18 Å². The number of fused-ring (bicyclic) bond motifs is 1. The van der Waals surface area contributed by atoms with Gasteiger partial charge in [-0.05, 0) is 24.3 Å². The average Bonchev–Trinajstić information content (AvgIpc) is 2.78. The SMILES string of the molecule is N#Cc1ccc(F)c(C(F)(F)F)c1N1C(=O)c2ccccc2C1=O. The van der Waals surface area contributed by atoms with Gasteiger partial charge in [-0.1, -0.05) is 12.1 Å². The number of rotatable bonds is 1. The molecule has 0 aromatic heterocycles. The summed E-state index contributed by atoms with van der Waals surface area (Å²) >= 11 is 0.